The maximum absolute atomic E-state index is 12.9. The van der Waals surface area contributed by atoms with Crippen molar-refractivity contribution in [2.45, 2.75) is 6.92 Å². The Morgan fingerprint density at radius 3 is 2.75 bits per heavy atom. The molecule has 5 heteroatoms. The van der Waals surface area contributed by atoms with Crippen LogP contribution >= 0.6 is 22.9 Å². The second-order valence-electron chi connectivity index (χ2n) is 3.31. The second-order valence-corrected chi connectivity index (χ2v) is 4.71. The number of rotatable bonds is 2. The highest BCUT2D eigenvalue weighted by Crippen LogP contribution is 2.35. The molecule has 1 N–H and O–H groups in total. The maximum Gasteiger partial charge on any atom is 0.127 e. The van der Waals surface area contributed by atoms with E-state index >= 15 is 0 Å². The Morgan fingerprint density at radius 2 is 2.19 bits per heavy atom. The molecule has 1 aromatic carbocycles. The van der Waals surface area contributed by atoms with Gasteiger partial charge in [0.15, 0.2) is 0 Å². The summed E-state index contributed by atoms with van der Waals surface area (Å²) in [5.41, 5.74) is 1.68. The van der Waals surface area contributed by atoms with Gasteiger partial charge in [-0.3, -0.25) is 0 Å². The number of thiazole rings is 1. The normalized spacial score (nSPS) is 10.5. The molecule has 0 bridgehead atoms. The SMILES string of the molecule is CNc1sc(-c2ccc(F)cc2Cl)nc1C. The molecule has 0 radical (unpaired) electrons. The summed E-state index contributed by atoms with van der Waals surface area (Å²) in [4.78, 5) is 4.39. The lowest BCUT2D eigenvalue weighted by Gasteiger charge is -1.99. The lowest BCUT2D eigenvalue weighted by Crippen LogP contribution is -1.85. The van der Waals surface area contributed by atoms with Gasteiger partial charge in [-0.2, -0.15) is 0 Å². The molecule has 0 amide bonds. The highest BCUT2D eigenvalue weighted by Gasteiger charge is 2.11. The molecule has 0 atom stereocenters. The first kappa shape index (κ1) is 11.4. The first-order chi connectivity index (χ1) is 7.61. The number of nitrogens with zero attached hydrogens (tertiary/aromatic N) is 1. The molecule has 0 unspecified atom stereocenters. The van der Waals surface area contributed by atoms with Crippen molar-refractivity contribution in [1.82, 2.24) is 4.98 Å². The first-order valence-electron chi connectivity index (χ1n) is 4.72. The molecule has 84 valence electrons. The van der Waals surface area contributed by atoms with Crippen molar-refractivity contribution in [2.75, 3.05) is 12.4 Å². The number of aryl methyl sites for hydroxylation is 1. The Kier molecular flexibility index (Phi) is 3.12. The fourth-order valence-corrected chi connectivity index (χ4v) is 2.68. The zero-order chi connectivity index (χ0) is 11.7. The molecule has 0 spiro atoms. The Balaban J connectivity index is 2.50. The van der Waals surface area contributed by atoms with E-state index in [1.165, 1.54) is 23.5 Å². The third-order valence-electron chi connectivity index (χ3n) is 2.19. The zero-order valence-corrected chi connectivity index (χ0v) is 10.4. The van der Waals surface area contributed by atoms with Crippen LogP contribution in [0.25, 0.3) is 10.6 Å². The zero-order valence-electron chi connectivity index (χ0n) is 8.84. The monoisotopic (exact) mass is 256 g/mol. The molecule has 1 aromatic heterocycles. The van der Waals surface area contributed by atoms with Crippen LogP contribution in [0.3, 0.4) is 0 Å². The number of anilines is 1. The van der Waals surface area contributed by atoms with Gasteiger partial charge < -0.3 is 5.32 Å². The summed E-state index contributed by atoms with van der Waals surface area (Å²) in [6, 6.07) is 4.33. The molecule has 0 aliphatic carbocycles. The van der Waals surface area contributed by atoms with Gasteiger partial charge in [0.1, 0.15) is 15.8 Å². The van der Waals surface area contributed by atoms with E-state index in [2.05, 4.69) is 10.3 Å². The third kappa shape index (κ3) is 2.03. The van der Waals surface area contributed by atoms with Gasteiger partial charge >= 0.3 is 0 Å². The molecule has 1 heterocycles. The van der Waals surface area contributed by atoms with Crippen LogP contribution in [0.5, 0.6) is 0 Å². The van der Waals surface area contributed by atoms with Crippen molar-refractivity contribution in [2.24, 2.45) is 0 Å². The van der Waals surface area contributed by atoms with E-state index in [1.54, 1.807) is 6.07 Å². The highest BCUT2D eigenvalue weighted by molar-refractivity contribution is 7.19. The molecule has 0 aliphatic rings. The standard InChI is InChI=1S/C11H10ClFN2S/c1-6-10(14-2)16-11(15-6)8-4-3-7(13)5-9(8)12/h3-5,14H,1-2H3. The van der Waals surface area contributed by atoms with Crippen LogP contribution in [0.2, 0.25) is 5.02 Å². The molecular weight excluding hydrogens is 247 g/mol. The number of hydrogen-bond donors (Lipinski definition) is 1. The number of aromatic nitrogens is 1. The number of hydrogen-bond acceptors (Lipinski definition) is 3. The number of benzene rings is 1. The van der Waals surface area contributed by atoms with Crippen molar-refractivity contribution in [3.8, 4) is 10.6 Å². The van der Waals surface area contributed by atoms with Crippen LogP contribution in [0.1, 0.15) is 5.69 Å². The maximum atomic E-state index is 12.9. The molecule has 2 aromatic rings. The summed E-state index contributed by atoms with van der Waals surface area (Å²) < 4.78 is 12.9. The largest absolute Gasteiger partial charge is 0.378 e. The second kappa shape index (κ2) is 4.39. The average molecular weight is 257 g/mol. The van der Waals surface area contributed by atoms with Crippen LogP contribution in [-0.2, 0) is 0 Å². The van der Waals surface area contributed by atoms with Crippen molar-refractivity contribution in [1.29, 1.82) is 0 Å². The Bertz CT molecular complexity index is 525. The Labute approximate surface area is 102 Å². The molecule has 16 heavy (non-hydrogen) atoms. The van der Waals surface area contributed by atoms with Crippen molar-refractivity contribution < 1.29 is 4.39 Å². The summed E-state index contributed by atoms with van der Waals surface area (Å²) in [6.45, 7) is 1.92. The minimum Gasteiger partial charge on any atom is -0.378 e. The third-order valence-corrected chi connectivity index (χ3v) is 3.71. The summed E-state index contributed by atoms with van der Waals surface area (Å²) in [5.74, 6) is -0.337. The Hall–Kier alpha value is -1.13. The van der Waals surface area contributed by atoms with E-state index in [0.717, 1.165) is 21.3 Å². The Morgan fingerprint density at radius 1 is 1.44 bits per heavy atom. The molecule has 2 nitrogen and oxygen atoms in total. The van der Waals surface area contributed by atoms with Crippen LogP contribution < -0.4 is 5.32 Å². The van der Waals surface area contributed by atoms with Gasteiger partial charge in [0.05, 0.1) is 10.7 Å². The van der Waals surface area contributed by atoms with E-state index in [1.807, 2.05) is 14.0 Å². The van der Waals surface area contributed by atoms with Crippen molar-refractivity contribution in [3.05, 3.63) is 34.7 Å². The lowest BCUT2D eigenvalue weighted by atomic mass is 10.2. The van der Waals surface area contributed by atoms with Crippen molar-refractivity contribution >= 4 is 27.9 Å². The molecule has 0 aliphatic heterocycles. The van der Waals surface area contributed by atoms with Gasteiger partial charge in [-0.25, -0.2) is 9.37 Å². The van der Waals surface area contributed by atoms with Crippen molar-refractivity contribution in [3.63, 3.8) is 0 Å². The van der Waals surface area contributed by atoms with Crippen LogP contribution in [-0.4, -0.2) is 12.0 Å². The first-order valence-corrected chi connectivity index (χ1v) is 5.92. The van der Waals surface area contributed by atoms with Gasteiger partial charge in [0.25, 0.3) is 0 Å². The molecule has 2 rings (SSSR count). The molecule has 0 saturated heterocycles. The van der Waals surface area contributed by atoms with Crippen LogP contribution in [0.15, 0.2) is 18.2 Å². The van der Waals surface area contributed by atoms with Crippen LogP contribution in [0, 0.1) is 12.7 Å². The molecule has 0 saturated carbocycles. The molecule has 0 fully saturated rings. The van der Waals surface area contributed by atoms with Crippen LogP contribution in [0.4, 0.5) is 9.39 Å². The number of nitrogens with one attached hydrogen (secondary N) is 1. The minimum atomic E-state index is -0.337. The van der Waals surface area contributed by atoms with Gasteiger partial charge in [0.2, 0.25) is 0 Å². The van der Waals surface area contributed by atoms with Gasteiger partial charge in [-0.05, 0) is 25.1 Å². The predicted octanol–water partition coefficient (Wildman–Crippen LogP) is 3.95. The van der Waals surface area contributed by atoms with E-state index in [0.29, 0.717) is 5.02 Å². The lowest BCUT2D eigenvalue weighted by molar-refractivity contribution is 0.628. The fourth-order valence-electron chi connectivity index (χ4n) is 1.41. The van der Waals surface area contributed by atoms with E-state index in [-0.39, 0.29) is 5.82 Å². The summed E-state index contributed by atoms with van der Waals surface area (Å²) in [7, 11) is 1.84. The quantitative estimate of drug-likeness (QED) is 0.880. The van der Waals surface area contributed by atoms with Gasteiger partial charge in [-0.1, -0.05) is 22.9 Å². The van der Waals surface area contributed by atoms with E-state index in [4.69, 9.17) is 11.6 Å². The van der Waals surface area contributed by atoms with E-state index in [9.17, 15) is 4.39 Å². The van der Waals surface area contributed by atoms with Gasteiger partial charge in [0, 0.05) is 12.6 Å². The summed E-state index contributed by atoms with van der Waals surface area (Å²) in [6.07, 6.45) is 0. The summed E-state index contributed by atoms with van der Waals surface area (Å²) >= 11 is 7.48. The fraction of sp³-hybridized carbons (Fsp3) is 0.182. The summed E-state index contributed by atoms with van der Waals surface area (Å²) in [5, 5.41) is 5.23. The smallest absolute Gasteiger partial charge is 0.127 e. The predicted molar refractivity (Wildman–Crippen MR) is 66.8 cm³/mol. The highest BCUT2D eigenvalue weighted by atomic mass is 35.5. The number of halogens is 2. The van der Waals surface area contributed by atoms with E-state index < -0.39 is 0 Å². The topological polar surface area (TPSA) is 24.9 Å². The van der Waals surface area contributed by atoms with Gasteiger partial charge in [-0.15, -0.1) is 0 Å². The minimum absolute atomic E-state index is 0.337. The molecular formula is C11H10ClFN2S. The average Bonchev–Trinajstić information content (AvgIpc) is 2.59.